The second-order valence-electron chi connectivity index (χ2n) is 2.98. The molecule has 0 bridgehead atoms. The number of amidine groups is 1. The van der Waals surface area contributed by atoms with Gasteiger partial charge in [0.2, 0.25) is 0 Å². The lowest BCUT2D eigenvalue weighted by molar-refractivity contribution is 0.507. The third kappa shape index (κ3) is 2.48. The molecule has 0 aliphatic carbocycles. The fourth-order valence-electron chi connectivity index (χ4n) is 1.21. The number of nitrogens with one attached hydrogen (secondary N) is 1. The Morgan fingerprint density at radius 2 is 2.21 bits per heavy atom. The molecule has 0 aliphatic heterocycles. The van der Waals surface area contributed by atoms with Crippen molar-refractivity contribution in [2.75, 3.05) is 18.0 Å². The van der Waals surface area contributed by atoms with Crippen molar-refractivity contribution in [2.24, 2.45) is 5.73 Å². The standard InChI is InChI=1S/C9H16N4O/c1-3-13(4-2)9-12-6-7(14-9)5-8(10)11/h6H,3-5H2,1-2H3,(H3,10,11). The van der Waals surface area contributed by atoms with Crippen LogP contribution in [0.2, 0.25) is 0 Å². The molecular weight excluding hydrogens is 180 g/mol. The van der Waals surface area contributed by atoms with Gasteiger partial charge in [-0.15, -0.1) is 0 Å². The topological polar surface area (TPSA) is 79.1 Å². The first-order valence-corrected chi connectivity index (χ1v) is 4.69. The van der Waals surface area contributed by atoms with Crippen LogP contribution >= 0.6 is 0 Å². The van der Waals surface area contributed by atoms with E-state index >= 15 is 0 Å². The molecule has 1 rings (SSSR count). The van der Waals surface area contributed by atoms with Crippen molar-refractivity contribution in [3.63, 3.8) is 0 Å². The normalized spacial score (nSPS) is 10.1. The molecule has 14 heavy (non-hydrogen) atoms. The molecule has 0 spiro atoms. The second-order valence-corrected chi connectivity index (χ2v) is 2.98. The molecule has 78 valence electrons. The summed E-state index contributed by atoms with van der Waals surface area (Å²) in [6.45, 7) is 5.80. The van der Waals surface area contributed by atoms with Crippen LogP contribution < -0.4 is 10.6 Å². The Bertz CT molecular complexity index is 304. The first kappa shape index (κ1) is 10.6. The zero-order valence-electron chi connectivity index (χ0n) is 8.58. The molecule has 0 amide bonds. The van der Waals surface area contributed by atoms with Crippen molar-refractivity contribution >= 4 is 11.9 Å². The molecule has 1 heterocycles. The van der Waals surface area contributed by atoms with E-state index in [1.165, 1.54) is 0 Å². The molecule has 5 heteroatoms. The Balaban J connectivity index is 2.71. The molecule has 0 fully saturated rings. The lowest BCUT2D eigenvalue weighted by Gasteiger charge is -2.14. The fourth-order valence-corrected chi connectivity index (χ4v) is 1.21. The van der Waals surface area contributed by atoms with Crippen LogP contribution in [0.25, 0.3) is 0 Å². The van der Waals surface area contributed by atoms with Gasteiger partial charge in [0.1, 0.15) is 5.76 Å². The van der Waals surface area contributed by atoms with Crippen molar-refractivity contribution < 1.29 is 4.42 Å². The maximum Gasteiger partial charge on any atom is 0.297 e. The summed E-state index contributed by atoms with van der Waals surface area (Å²) in [5, 5.41) is 7.11. The highest BCUT2D eigenvalue weighted by molar-refractivity contribution is 5.78. The van der Waals surface area contributed by atoms with Gasteiger partial charge in [-0.25, -0.2) is 4.98 Å². The molecule has 0 atom stereocenters. The Kier molecular flexibility index (Phi) is 3.50. The Morgan fingerprint density at radius 3 is 2.71 bits per heavy atom. The number of nitrogens with zero attached hydrogens (tertiary/aromatic N) is 2. The number of aromatic nitrogens is 1. The quantitative estimate of drug-likeness (QED) is 0.544. The molecule has 0 saturated carbocycles. The van der Waals surface area contributed by atoms with E-state index in [9.17, 15) is 0 Å². The number of rotatable bonds is 5. The minimum absolute atomic E-state index is 0.0900. The van der Waals surface area contributed by atoms with E-state index in [2.05, 4.69) is 4.98 Å². The van der Waals surface area contributed by atoms with E-state index in [0.29, 0.717) is 18.2 Å². The zero-order chi connectivity index (χ0) is 10.6. The lowest BCUT2D eigenvalue weighted by Crippen LogP contribution is -2.21. The largest absolute Gasteiger partial charge is 0.428 e. The number of hydrogen-bond donors (Lipinski definition) is 2. The first-order chi connectivity index (χ1) is 6.67. The summed E-state index contributed by atoms with van der Waals surface area (Å²) in [5.74, 6) is 0.728. The number of oxazole rings is 1. The summed E-state index contributed by atoms with van der Waals surface area (Å²) in [7, 11) is 0. The molecule has 0 saturated heterocycles. The van der Waals surface area contributed by atoms with E-state index < -0.39 is 0 Å². The van der Waals surface area contributed by atoms with Crippen molar-refractivity contribution in [1.82, 2.24) is 4.98 Å². The average Bonchev–Trinajstić information content (AvgIpc) is 2.54. The summed E-state index contributed by atoms with van der Waals surface area (Å²) < 4.78 is 5.43. The minimum Gasteiger partial charge on any atom is -0.428 e. The van der Waals surface area contributed by atoms with Gasteiger partial charge >= 0.3 is 0 Å². The molecule has 0 aromatic carbocycles. The van der Waals surface area contributed by atoms with Crippen LogP contribution in [0.5, 0.6) is 0 Å². The maximum absolute atomic E-state index is 7.11. The smallest absolute Gasteiger partial charge is 0.297 e. The summed E-state index contributed by atoms with van der Waals surface area (Å²) >= 11 is 0. The molecule has 5 nitrogen and oxygen atoms in total. The van der Waals surface area contributed by atoms with Crippen LogP contribution in [0.1, 0.15) is 19.6 Å². The zero-order valence-corrected chi connectivity index (χ0v) is 8.58. The molecule has 0 unspecified atom stereocenters. The van der Waals surface area contributed by atoms with Gasteiger partial charge in [0.25, 0.3) is 6.01 Å². The van der Waals surface area contributed by atoms with Gasteiger partial charge in [0.05, 0.1) is 18.5 Å². The van der Waals surface area contributed by atoms with Crippen molar-refractivity contribution in [2.45, 2.75) is 20.3 Å². The van der Waals surface area contributed by atoms with E-state index in [1.807, 2.05) is 18.7 Å². The summed E-state index contributed by atoms with van der Waals surface area (Å²) in [5.41, 5.74) is 5.26. The van der Waals surface area contributed by atoms with E-state index in [0.717, 1.165) is 13.1 Å². The highest BCUT2D eigenvalue weighted by Gasteiger charge is 2.09. The van der Waals surface area contributed by atoms with Crippen LogP contribution in [0.3, 0.4) is 0 Å². The molecule has 0 radical (unpaired) electrons. The van der Waals surface area contributed by atoms with Gasteiger partial charge in [0, 0.05) is 13.1 Å². The van der Waals surface area contributed by atoms with Crippen molar-refractivity contribution in [3.05, 3.63) is 12.0 Å². The van der Waals surface area contributed by atoms with Crippen LogP contribution in [-0.2, 0) is 6.42 Å². The second kappa shape index (κ2) is 4.64. The highest BCUT2D eigenvalue weighted by Crippen LogP contribution is 2.14. The van der Waals surface area contributed by atoms with Crippen molar-refractivity contribution in [1.29, 1.82) is 5.41 Å². The fraction of sp³-hybridized carbons (Fsp3) is 0.556. The van der Waals surface area contributed by atoms with Gasteiger partial charge in [-0.2, -0.15) is 0 Å². The third-order valence-corrected chi connectivity index (χ3v) is 1.94. The Hall–Kier alpha value is -1.52. The van der Waals surface area contributed by atoms with E-state index in [-0.39, 0.29) is 5.84 Å². The van der Waals surface area contributed by atoms with Crippen LogP contribution in [-0.4, -0.2) is 23.9 Å². The summed E-state index contributed by atoms with van der Waals surface area (Å²) in [4.78, 5) is 6.12. The van der Waals surface area contributed by atoms with Crippen LogP contribution in [0.4, 0.5) is 6.01 Å². The molecule has 1 aromatic rings. The SMILES string of the molecule is CCN(CC)c1ncc(CC(=N)N)o1. The number of nitrogens with two attached hydrogens (primary N) is 1. The van der Waals surface area contributed by atoms with Crippen molar-refractivity contribution in [3.8, 4) is 0 Å². The van der Waals surface area contributed by atoms with Gasteiger partial charge in [-0.3, -0.25) is 5.41 Å². The summed E-state index contributed by atoms with van der Waals surface area (Å²) in [6, 6.07) is 0.603. The molecule has 0 aliphatic rings. The van der Waals surface area contributed by atoms with Gasteiger partial charge in [-0.05, 0) is 13.8 Å². The lowest BCUT2D eigenvalue weighted by atomic mass is 10.3. The van der Waals surface area contributed by atoms with Gasteiger partial charge in [0.15, 0.2) is 0 Å². The molecule has 3 N–H and O–H groups in total. The predicted molar refractivity (Wildman–Crippen MR) is 55.7 cm³/mol. The van der Waals surface area contributed by atoms with E-state index in [1.54, 1.807) is 6.20 Å². The average molecular weight is 196 g/mol. The van der Waals surface area contributed by atoms with Crippen LogP contribution in [0, 0.1) is 5.41 Å². The Morgan fingerprint density at radius 1 is 1.57 bits per heavy atom. The summed E-state index contributed by atoms with van der Waals surface area (Å²) in [6.07, 6.45) is 1.95. The Labute approximate surface area is 83.4 Å². The van der Waals surface area contributed by atoms with E-state index in [4.69, 9.17) is 15.6 Å². The predicted octanol–water partition coefficient (Wildman–Crippen LogP) is 0.999. The molecule has 1 aromatic heterocycles. The van der Waals surface area contributed by atoms with Crippen LogP contribution in [0.15, 0.2) is 10.6 Å². The van der Waals surface area contributed by atoms with Gasteiger partial charge < -0.3 is 15.1 Å². The number of anilines is 1. The highest BCUT2D eigenvalue weighted by atomic mass is 16.4. The number of hydrogen-bond acceptors (Lipinski definition) is 4. The first-order valence-electron chi connectivity index (χ1n) is 4.69. The molecular formula is C9H16N4O. The van der Waals surface area contributed by atoms with Gasteiger partial charge in [-0.1, -0.05) is 0 Å². The third-order valence-electron chi connectivity index (χ3n) is 1.94. The maximum atomic E-state index is 7.11. The minimum atomic E-state index is 0.0900. The monoisotopic (exact) mass is 196 g/mol.